The Kier molecular flexibility index (Phi) is 5.91. The van der Waals surface area contributed by atoms with E-state index in [0.29, 0.717) is 12.8 Å². The van der Waals surface area contributed by atoms with Gasteiger partial charge < -0.3 is 20.6 Å². The van der Waals surface area contributed by atoms with Crippen LogP contribution in [0.25, 0.3) is 0 Å². The van der Waals surface area contributed by atoms with E-state index >= 15 is 0 Å². The summed E-state index contributed by atoms with van der Waals surface area (Å²) in [5, 5.41) is 11.4. The molecule has 6 nitrogen and oxygen atoms in total. The molecule has 1 fully saturated rings. The van der Waals surface area contributed by atoms with Crippen LogP contribution in [0.5, 0.6) is 0 Å². The number of carbonyl (C=O) groups excluding carboxylic acids is 1. The predicted molar refractivity (Wildman–Crippen MR) is 68.5 cm³/mol. The largest absolute Gasteiger partial charge is 0.409 e. The van der Waals surface area contributed by atoms with Crippen molar-refractivity contribution in [1.29, 1.82) is 0 Å². The maximum Gasteiger partial charge on any atom is 0.225 e. The second kappa shape index (κ2) is 7.20. The average molecular weight is 257 g/mol. The first kappa shape index (κ1) is 14.8. The van der Waals surface area contributed by atoms with Crippen LogP contribution in [0.1, 0.15) is 39.0 Å². The lowest BCUT2D eigenvalue weighted by Gasteiger charge is -2.28. The summed E-state index contributed by atoms with van der Waals surface area (Å²) in [7, 11) is 1.74. The molecule has 2 unspecified atom stereocenters. The summed E-state index contributed by atoms with van der Waals surface area (Å²) < 4.78 is 5.54. The highest BCUT2D eigenvalue weighted by Gasteiger charge is 2.22. The van der Waals surface area contributed by atoms with Crippen molar-refractivity contribution < 1.29 is 14.7 Å². The lowest BCUT2D eigenvalue weighted by Crippen LogP contribution is -2.39. The minimum Gasteiger partial charge on any atom is -0.409 e. The molecule has 0 aromatic rings. The van der Waals surface area contributed by atoms with E-state index < -0.39 is 0 Å². The van der Waals surface area contributed by atoms with Crippen LogP contribution >= 0.6 is 0 Å². The Bertz CT molecular complexity index is 301. The number of nitrogens with two attached hydrogens (primary N) is 1. The number of oxime groups is 1. The highest BCUT2D eigenvalue weighted by molar-refractivity contribution is 5.82. The molecule has 2 atom stereocenters. The Balaban J connectivity index is 2.39. The zero-order valence-electron chi connectivity index (χ0n) is 11.1. The Morgan fingerprint density at radius 3 is 2.89 bits per heavy atom. The second-order valence-corrected chi connectivity index (χ2v) is 4.84. The molecular weight excluding hydrogens is 234 g/mol. The van der Waals surface area contributed by atoms with Gasteiger partial charge >= 0.3 is 0 Å². The SMILES string of the molecule is CC(CC(N)=NO)N(C)C(=O)CC1CCCCO1. The van der Waals surface area contributed by atoms with Crippen LogP contribution in [0.4, 0.5) is 0 Å². The smallest absolute Gasteiger partial charge is 0.225 e. The molecule has 1 aliphatic rings. The van der Waals surface area contributed by atoms with Gasteiger partial charge in [0, 0.05) is 26.1 Å². The molecule has 0 spiro atoms. The van der Waals surface area contributed by atoms with Crippen LogP contribution < -0.4 is 5.73 Å². The van der Waals surface area contributed by atoms with Gasteiger partial charge in [0.2, 0.25) is 5.91 Å². The number of rotatable bonds is 5. The average Bonchev–Trinajstić information content (AvgIpc) is 2.38. The zero-order valence-corrected chi connectivity index (χ0v) is 11.1. The van der Waals surface area contributed by atoms with Gasteiger partial charge in [-0.3, -0.25) is 4.79 Å². The summed E-state index contributed by atoms with van der Waals surface area (Å²) in [4.78, 5) is 13.7. The minimum atomic E-state index is -0.0861. The molecule has 1 heterocycles. The molecular formula is C12H23N3O3. The van der Waals surface area contributed by atoms with Crippen LogP contribution in [0.2, 0.25) is 0 Å². The minimum absolute atomic E-state index is 0.0418. The molecule has 0 radical (unpaired) electrons. The van der Waals surface area contributed by atoms with Gasteiger partial charge in [-0.15, -0.1) is 0 Å². The van der Waals surface area contributed by atoms with E-state index in [4.69, 9.17) is 15.7 Å². The normalized spacial score (nSPS) is 22.6. The van der Waals surface area contributed by atoms with Crippen molar-refractivity contribution in [2.45, 2.75) is 51.2 Å². The molecule has 1 saturated heterocycles. The maximum absolute atomic E-state index is 12.0. The maximum atomic E-state index is 12.0. The summed E-state index contributed by atoms with van der Waals surface area (Å²) in [6.45, 7) is 2.62. The summed E-state index contributed by atoms with van der Waals surface area (Å²) in [6, 6.07) is -0.0861. The number of amidine groups is 1. The third kappa shape index (κ3) is 4.52. The van der Waals surface area contributed by atoms with Crippen LogP contribution in [0.15, 0.2) is 5.16 Å². The number of hydrogen-bond acceptors (Lipinski definition) is 4. The van der Waals surface area contributed by atoms with E-state index in [0.717, 1.165) is 25.9 Å². The number of amides is 1. The monoisotopic (exact) mass is 257 g/mol. The molecule has 1 aliphatic heterocycles. The Morgan fingerprint density at radius 2 is 2.33 bits per heavy atom. The number of carbonyl (C=O) groups is 1. The fourth-order valence-electron chi connectivity index (χ4n) is 2.03. The molecule has 0 aromatic carbocycles. The first-order valence-electron chi connectivity index (χ1n) is 6.38. The van der Waals surface area contributed by atoms with Crippen molar-refractivity contribution in [2.24, 2.45) is 10.9 Å². The van der Waals surface area contributed by atoms with Crippen LogP contribution in [-0.4, -0.2) is 47.7 Å². The van der Waals surface area contributed by atoms with E-state index in [9.17, 15) is 4.79 Å². The first-order chi connectivity index (χ1) is 8.54. The number of nitrogens with zero attached hydrogens (tertiary/aromatic N) is 2. The number of hydrogen-bond donors (Lipinski definition) is 2. The highest BCUT2D eigenvalue weighted by Crippen LogP contribution is 2.17. The van der Waals surface area contributed by atoms with Crippen LogP contribution in [0, 0.1) is 0 Å². The van der Waals surface area contributed by atoms with Gasteiger partial charge in [0.25, 0.3) is 0 Å². The van der Waals surface area contributed by atoms with Crippen molar-refractivity contribution in [3.63, 3.8) is 0 Å². The van der Waals surface area contributed by atoms with E-state index in [-0.39, 0.29) is 23.9 Å². The Hall–Kier alpha value is -1.30. The molecule has 3 N–H and O–H groups in total. The van der Waals surface area contributed by atoms with Crippen molar-refractivity contribution in [2.75, 3.05) is 13.7 Å². The molecule has 0 bridgehead atoms. The lowest BCUT2D eigenvalue weighted by atomic mass is 10.1. The molecule has 104 valence electrons. The standard InChI is InChI=1S/C12H23N3O3/c1-9(7-11(13)14-17)15(2)12(16)8-10-5-3-4-6-18-10/h9-10,17H,3-8H2,1-2H3,(H2,13,14). The van der Waals surface area contributed by atoms with E-state index in [2.05, 4.69) is 5.16 Å². The van der Waals surface area contributed by atoms with Crippen molar-refractivity contribution in [3.8, 4) is 0 Å². The molecule has 18 heavy (non-hydrogen) atoms. The first-order valence-corrected chi connectivity index (χ1v) is 6.38. The van der Waals surface area contributed by atoms with Gasteiger partial charge in [-0.25, -0.2) is 0 Å². The van der Waals surface area contributed by atoms with Crippen molar-refractivity contribution in [3.05, 3.63) is 0 Å². The van der Waals surface area contributed by atoms with Gasteiger partial charge in [0.05, 0.1) is 12.5 Å². The van der Waals surface area contributed by atoms with Crippen LogP contribution in [0.3, 0.4) is 0 Å². The molecule has 0 aromatic heterocycles. The summed E-state index contributed by atoms with van der Waals surface area (Å²) >= 11 is 0. The van der Waals surface area contributed by atoms with Crippen LogP contribution in [-0.2, 0) is 9.53 Å². The topological polar surface area (TPSA) is 88.2 Å². The third-order valence-electron chi connectivity index (χ3n) is 3.36. The fourth-order valence-corrected chi connectivity index (χ4v) is 2.03. The van der Waals surface area contributed by atoms with Gasteiger partial charge in [-0.05, 0) is 26.2 Å². The van der Waals surface area contributed by atoms with E-state index in [1.54, 1.807) is 11.9 Å². The molecule has 0 saturated carbocycles. The highest BCUT2D eigenvalue weighted by atomic mass is 16.5. The zero-order chi connectivity index (χ0) is 13.5. The second-order valence-electron chi connectivity index (χ2n) is 4.84. The van der Waals surface area contributed by atoms with Gasteiger partial charge in [-0.2, -0.15) is 0 Å². The predicted octanol–water partition coefficient (Wildman–Crippen LogP) is 0.929. The molecule has 6 heteroatoms. The van der Waals surface area contributed by atoms with Crippen molar-refractivity contribution >= 4 is 11.7 Å². The van der Waals surface area contributed by atoms with Crippen molar-refractivity contribution in [1.82, 2.24) is 4.90 Å². The summed E-state index contributed by atoms with van der Waals surface area (Å²) in [5.41, 5.74) is 5.43. The Morgan fingerprint density at radius 1 is 1.61 bits per heavy atom. The summed E-state index contributed by atoms with van der Waals surface area (Å²) in [6.07, 6.45) is 3.99. The number of ether oxygens (including phenoxy) is 1. The molecule has 0 aliphatic carbocycles. The quantitative estimate of drug-likeness (QED) is 0.332. The third-order valence-corrected chi connectivity index (χ3v) is 3.36. The Labute approximate surface area is 108 Å². The van der Waals surface area contributed by atoms with Gasteiger partial charge in [0.1, 0.15) is 5.84 Å². The summed E-state index contributed by atoms with van der Waals surface area (Å²) in [5.74, 6) is 0.177. The van der Waals surface area contributed by atoms with E-state index in [1.807, 2.05) is 6.92 Å². The van der Waals surface area contributed by atoms with E-state index in [1.165, 1.54) is 0 Å². The lowest BCUT2D eigenvalue weighted by molar-refractivity contribution is -0.135. The fraction of sp³-hybridized carbons (Fsp3) is 0.833. The molecule has 1 rings (SSSR count). The van der Waals surface area contributed by atoms with Gasteiger partial charge in [-0.1, -0.05) is 5.16 Å². The molecule has 1 amide bonds. The van der Waals surface area contributed by atoms with Gasteiger partial charge in [0.15, 0.2) is 0 Å².